The maximum Gasteiger partial charge on any atom is 0.314 e. The van der Waals surface area contributed by atoms with Gasteiger partial charge >= 0.3 is 6.03 Å². The van der Waals surface area contributed by atoms with Crippen molar-refractivity contribution in [2.24, 2.45) is 5.73 Å². The molecule has 0 spiro atoms. The first-order valence-corrected chi connectivity index (χ1v) is 4.45. The lowest BCUT2D eigenvalue weighted by Crippen LogP contribution is -2.40. The Morgan fingerprint density at radius 3 is 2.75 bits per heavy atom. The maximum absolute atomic E-state index is 11.0. The highest BCUT2D eigenvalue weighted by Crippen LogP contribution is 1.93. The monoisotopic (exact) mass is 173 g/mol. The third-order valence-corrected chi connectivity index (χ3v) is 1.56. The van der Waals surface area contributed by atoms with E-state index < -0.39 is 0 Å². The summed E-state index contributed by atoms with van der Waals surface area (Å²) >= 11 is 0. The molecular formula is C8H19N3O. The highest BCUT2D eigenvalue weighted by Gasteiger charge is 2.04. The minimum Gasteiger partial charge on any atom is -0.338 e. The summed E-state index contributed by atoms with van der Waals surface area (Å²) in [5, 5.41) is 5.48. The summed E-state index contributed by atoms with van der Waals surface area (Å²) in [6.07, 6.45) is 1.89. The van der Waals surface area contributed by atoms with Crippen LogP contribution >= 0.6 is 0 Å². The van der Waals surface area contributed by atoms with Gasteiger partial charge in [-0.3, -0.25) is 0 Å². The van der Waals surface area contributed by atoms with Crippen molar-refractivity contribution >= 4 is 6.03 Å². The summed E-state index contributed by atoms with van der Waals surface area (Å²) in [5.74, 6) is 0. The van der Waals surface area contributed by atoms with E-state index in [1.165, 1.54) is 0 Å². The van der Waals surface area contributed by atoms with E-state index in [2.05, 4.69) is 10.6 Å². The van der Waals surface area contributed by atoms with Crippen molar-refractivity contribution in [2.75, 3.05) is 13.1 Å². The molecule has 2 amide bonds. The summed E-state index contributed by atoms with van der Waals surface area (Å²) in [4.78, 5) is 11.0. The van der Waals surface area contributed by atoms with Gasteiger partial charge in [0.2, 0.25) is 0 Å². The first kappa shape index (κ1) is 11.2. The van der Waals surface area contributed by atoms with Gasteiger partial charge in [0.05, 0.1) is 0 Å². The van der Waals surface area contributed by atoms with Crippen molar-refractivity contribution in [3.05, 3.63) is 0 Å². The number of carbonyl (C=O) groups is 1. The van der Waals surface area contributed by atoms with Crippen LogP contribution in [0.15, 0.2) is 0 Å². The lowest BCUT2D eigenvalue weighted by atomic mass is 10.2. The van der Waals surface area contributed by atoms with Crippen molar-refractivity contribution in [1.82, 2.24) is 10.6 Å². The number of carbonyl (C=O) groups excluding carboxylic acids is 1. The molecule has 0 aromatic heterocycles. The van der Waals surface area contributed by atoms with Gasteiger partial charge in [0.1, 0.15) is 0 Å². The molecule has 0 aromatic rings. The van der Waals surface area contributed by atoms with Gasteiger partial charge < -0.3 is 16.4 Å². The second-order valence-electron chi connectivity index (χ2n) is 2.84. The molecule has 0 fully saturated rings. The van der Waals surface area contributed by atoms with Crippen molar-refractivity contribution in [2.45, 2.75) is 32.7 Å². The molecule has 1 atom stereocenters. The van der Waals surface area contributed by atoms with Crippen LogP contribution in [0.2, 0.25) is 0 Å². The van der Waals surface area contributed by atoms with Gasteiger partial charge in [-0.25, -0.2) is 4.79 Å². The number of nitrogens with two attached hydrogens (primary N) is 1. The zero-order valence-corrected chi connectivity index (χ0v) is 7.89. The smallest absolute Gasteiger partial charge is 0.314 e. The van der Waals surface area contributed by atoms with E-state index in [0.717, 1.165) is 12.8 Å². The van der Waals surface area contributed by atoms with E-state index in [4.69, 9.17) is 5.73 Å². The predicted octanol–water partition coefficient (Wildman–Crippen LogP) is 0.433. The van der Waals surface area contributed by atoms with Crippen molar-refractivity contribution in [3.8, 4) is 0 Å². The van der Waals surface area contributed by atoms with Gasteiger partial charge in [-0.1, -0.05) is 0 Å². The molecule has 12 heavy (non-hydrogen) atoms. The third-order valence-electron chi connectivity index (χ3n) is 1.56. The molecule has 0 aromatic carbocycles. The number of hydrogen-bond donors (Lipinski definition) is 3. The van der Waals surface area contributed by atoms with Crippen LogP contribution in [-0.4, -0.2) is 25.2 Å². The van der Waals surface area contributed by atoms with E-state index in [-0.39, 0.29) is 12.1 Å². The molecule has 0 aliphatic heterocycles. The number of nitrogens with one attached hydrogen (secondary N) is 2. The summed E-state index contributed by atoms with van der Waals surface area (Å²) in [5.41, 5.74) is 5.34. The standard InChI is InChI=1S/C8H19N3O/c1-3-10-8(12)11-7(2)5-4-6-9/h7H,3-6,9H2,1-2H3,(H2,10,11,12). The Morgan fingerprint density at radius 1 is 1.58 bits per heavy atom. The number of hydrogen-bond acceptors (Lipinski definition) is 2. The molecule has 4 heteroatoms. The number of rotatable bonds is 5. The molecule has 0 aliphatic carbocycles. The fourth-order valence-corrected chi connectivity index (χ4v) is 0.932. The summed E-state index contributed by atoms with van der Waals surface area (Å²) in [7, 11) is 0. The van der Waals surface area contributed by atoms with E-state index >= 15 is 0 Å². The van der Waals surface area contributed by atoms with Gasteiger partial charge in [0, 0.05) is 12.6 Å². The first-order chi connectivity index (χ1) is 5.70. The molecule has 1 unspecified atom stereocenters. The molecule has 0 saturated carbocycles. The lowest BCUT2D eigenvalue weighted by molar-refractivity contribution is 0.237. The van der Waals surface area contributed by atoms with E-state index in [1.54, 1.807) is 0 Å². The van der Waals surface area contributed by atoms with E-state index in [1.807, 2.05) is 13.8 Å². The molecule has 4 N–H and O–H groups in total. The third kappa shape index (κ3) is 5.97. The first-order valence-electron chi connectivity index (χ1n) is 4.45. The molecule has 4 nitrogen and oxygen atoms in total. The van der Waals surface area contributed by atoms with Crippen LogP contribution in [0.1, 0.15) is 26.7 Å². The highest BCUT2D eigenvalue weighted by molar-refractivity contribution is 5.73. The van der Waals surface area contributed by atoms with Gasteiger partial charge in [0.25, 0.3) is 0 Å². The predicted molar refractivity (Wildman–Crippen MR) is 50.0 cm³/mol. The average Bonchev–Trinajstić information content (AvgIpc) is 2.01. The molecule has 72 valence electrons. The normalized spacial score (nSPS) is 12.2. The molecule has 0 saturated heterocycles. The minimum absolute atomic E-state index is 0.0954. The maximum atomic E-state index is 11.0. The van der Waals surface area contributed by atoms with E-state index in [0.29, 0.717) is 13.1 Å². The number of amides is 2. The second kappa shape index (κ2) is 6.91. The largest absolute Gasteiger partial charge is 0.338 e. The van der Waals surface area contributed by atoms with Crippen molar-refractivity contribution in [1.29, 1.82) is 0 Å². The van der Waals surface area contributed by atoms with Crippen LogP contribution in [0, 0.1) is 0 Å². The minimum atomic E-state index is -0.0954. The second-order valence-corrected chi connectivity index (χ2v) is 2.84. The Hall–Kier alpha value is -0.770. The molecule has 0 rings (SSSR count). The topological polar surface area (TPSA) is 67.2 Å². The van der Waals surface area contributed by atoms with Crippen molar-refractivity contribution < 1.29 is 4.79 Å². The Bertz CT molecular complexity index is 127. The Labute approximate surface area is 73.9 Å². The molecule has 0 heterocycles. The van der Waals surface area contributed by atoms with Crippen LogP contribution in [0.3, 0.4) is 0 Å². The van der Waals surface area contributed by atoms with Gasteiger partial charge in [-0.2, -0.15) is 0 Å². The van der Waals surface area contributed by atoms with Crippen LogP contribution in [0.4, 0.5) is 4.79 Å². The van der Waals surface area contributed by atoms with E-state index in [9.17, 15) is 4.79 Å². The van der Waals surface area contributed by atoms with Gasteiger partial charge in [-0.05, 0) is 33.2 Å². The highest BCUT2D eigenvalue weighted by atomic mass is 16.2. The summed E-state index contributed by atoms with van der Waals surface area (Å²) < 4.78 is 0. The average molecular weight is 173 g/mol. The molecule has 0 radical (unpaired) electrons. The van der Waals surface area contributed by atoms with Crippen LogP contribution < -0.4 is 16.4 Å². The van der Waals surface area contributed by atoms with Gasteiger partial charge in [-0.15, -0.1) is 0 Å². The summed E-state index contributed by atoms with van der Waals surface area (Å²) in [6, 6.07) is 0.113. The molecular weight excluding hydrogens is 154 g/mol. The summed E-state index contributed by atoms with van der Waals surface area (Å²) in [6.45, 7) is 5.21. The Kier molecular flexibility index (Phi) is 6.47. The van der Waals surface area contributed by atoms with Gasteiger partial charge in [0.15, 0.2) is 0 Å². The zero-order chi connectivity index (χ0) is 9.40. The Morgan fingerprint density at radius 2 is 2.25 bits per heavy atom. The lowest BCUT2D eigenvalue weighted by Gasteiger charge is -2.13. The van der Waals surface area contributed by atoms with Crippen LogP contribution in [0.25, 0.3) is 0 Å². The molecule has 0 bridgehead atoms. The van der Waals surface area contributed by atoms with Crippen molar-refractivity contribution in [3.63, 3.8) is 0 Å². The van der Waals surface area contributed by atoms with Crippen LogP contribution in [0.5, 0.6) is 0 Å². The fraction of sp³-hybridized carbons (Fsp3) is 0.875. The van der Waals surface area contributed by atoms with Crippen LogP contribution in [-0.2, 0) is 0 Å². The fourth-order valence-electron chi connectivity index (χ4n) is 0.932. The quantitative estimate of drug-likeness (QED) is 0.564. The zero-order valence-electron chi connectivity index (χ0n) is 7.89. The Balaban J connectivity index is 3.40. The SMILES string of the molecule is CCNC(=O)NC(C)CCCN. The number of urea groups is 1. The molecule has 0 aliphatic rings.